The van der Waals surface area contributed by atoms with Gasteiger partial charge in [0.2, 0.25) is 6.39 Å². The van der Waals surface area contributed by atoms with Crippen LogP contribution in [0.4, 0.5) is 5.69 Å². The van der Waals surface area contributed by atoms with Gasteiger partial charge in [0.05, 0.1) is 30.2 Å². The fraction of sp³-hybridized carbons (Fsp3) is 0.130. The third kappa shape index (κ3) is 3.83. The van der Waals surface area contributed by atoms with Gasteiger partial charge in [-0.3, -0.25) is 4.98 Å². The fourth-order valence-corrected chi connectivity index (χ4v) is 3.53. The van der Waals surface area contributed by atoms with Gasteiger partial charge in [-0.25, -0.2) is 4.98 Å². The molecule has 0 aliphatic rings. The van der Waals surface area contributed by atoms with E-state index in [0.717, 1.165) is 45.6 Å². The van der Waals surface area contributed by atoms with E-state index in [1.54, 1.807) is 25.8 Å². The topological polar surface area (TPSA) is 90.9 Å². The fourth-order valence-electron chi connectivity index (χ4n) is 3.53. The largest absolute Gasteiger partial charge is 0.497 e. The predicted molar refractivity (Wildman–Crippen MR) is 118 cm³/mol. The first-order valence-electron chi connectivity index (χ1n) is 9.85. The van der Waals surface area contributed by atoms with Gasteiger partial charge in [0.25, 0.3) is 5.89 Å². The zero-order valence-corrected chi connectivity index (χ0v) is 16.9. The quantitative estimate of drug-likeness (QED) is 0.427. The molecule has 31 heavy (non-hydrogen) atoms. The maximum absolute atomic E-state index is 5.47. The number of methoxy groups -OCH3 is 1. The van der Waals surface area contributed by atoms with Crippen LogP contribution in [0.25, 0.3) is 33.5 Å². The van der Waals surface area contributed by atoms with Crippen LogP contribution in [-0.4, -0.2) is 38.4 Å². The molecule has 0 unspecified atom stereocenters. The maximum Gasteiger partial charge on any atom is 0.251 e. The van der Waals surface area contributed by atoms with E-state index in [1.165, 1.54) is 6.39 Å². The summed E-state index contributed by atoms with van der Waals surface area (Å²) < 4.78 is 12.8. The summed E-state index contributed by atoms with van der Waals surface area (Å²) in [5.74, 6) is 1.25. The third-order valence-corrected chi connectivity index (χ3v) is 5.11. The zero-order valence-electron chi connectivity index (χ0n) is 16.9. The minimum Gasteiger partial charge on any atom is -0.497 e. The number of hydrogen-bond donors (Lipinski definition) is 1. The van der Waals surface area contributed by atoms with E-state index in [1.807, 2.05) is 41.1 Å². The number of pyridine rings is 1. The minimum absolute atomic E-state index is 0.425. The second-order valence-electron chi connectivity index (χ2n) is 6.98. The van der Waals surface area contributed by atoms with Crippen LogP contribution in [0.3, 0.4) is 0 Å². The minimum atomic E-state index is 0.425. The number of aromatic nitrogens is 5. The Balaban J connectivity index is 1.57. The van der Waals surface area contributed by atoms with Crippen LogP contribution in [-0.2, 0) is 6.54 Å². The van der Waals surface area contributed by atoms with Gasteiger partial charge in [0, 0.05) is 37.1 Å². The van der Waals surface area contributed by atoms with E-state index in [2.05, 4.69) is 37.6 Å². The highest BCUT2D eigenvalue weighted by molar-refractivity contribution is 6.00. The standard InChI is InChI=1S/C23H20N6O2/c1-30-18-5-2-16(3-6-18)17-4-7-21-19(12-17)22(25-9-11-29-10-8-24-14-29)20(13-26-21)23-28-27-15-31-23/h2-8,10,12-15H,9,11H2,1H3,(H,25,26). The number of ether oxygens (including phenoxy) is 1. The van der Waals surface area contributed by atoms with Crippen LogP contribution < -0.4 is 10.1 Å². The molecule has 0 spiro atoms. The van der Waals surface area contributed by atoms with Crippen molar-refractivity contribution in [2.75, 3.05) is 19.0 Å². The van der Waals surface area contributed by atoms with Crippen LogP contribution in [0.15, 0.2) is 78.2 Å². The summed E-state index contributed by atoms with van der Waals surface area (Å²) in [5, 5.41) is 12.4. The molecule has 0 fully saturated rings. The molecule has 0 saturated heterocycles. The first kappa shape index (κ1) is 18.8. The molecular weight excluding hydrogens is 392 g/mol. The molecule has 0 radical (unpaired) electrons. The summed E-state index contributed by atoms with van der Waals surface area (Å²) in [5.41, 5.74) is 4.73. The summed E-state index contributed by atoms with van der Waals surface area (Å²) in [6, 6.07) is 14.2. The van der Waals surface area contributed by atoms with Gasteiger partial charge in [-0.1, -0.05) is 18.2 Å². The molecule has 3 heterocycles. The molecule has 3 aromatic heterocycles. The normalized spacial score (nSPS) is 11.0. The van der Waals surface area contributed by atoms with Crippen molar-refractivity contribution in [1.82, 2.24) is 24.7 Å². The van der Waals surface area contributed by atoms with Gasteiger partial charge < -0.3 is 19.0 Å². The molecule has 0 aliphatic heterocycles. The Morgan fingerprint density at radius 1 is 1.10 bits per heavy atom. The first-order chi connectivity index (χ1) is 15.3. The number of nitrogens with one attached hydrogen (secondary N) is 1. The zero-order chi connectivity index (χ0) is 21.0. The number of nitrogens with zero attached hydrogens (tertiary/aromatic N) is 5. The average molecular weight is 412 g/mol. The predicted octanol–water partition coefficient (Wildman–Crippen LogP) is 4.27. The monoisotopic (exact) mass is 412 g/mol. The van der Waals surface area contributed by atoms with Crippen molar-refractivity contribution in [2.45, 2.75) is 6.54 Å². The second-order valence-corrected chi connectivity index (χ2v) is 6.98. The Kier molecular flexibility index (Phi) is 5.02. The van der Waals surface area contributed by atoms with Gasteiger partial charge in [-0.15, -0.1) is 10.2 Å². The van der Waals surface area contributed by atoms with Gasteiger partial charge >= 0.3 is 0 Å². The maximum atomic E-state index is 5.47. The van der Waals surface area contributed by atoms with Gasteiger partial charge in [0.1, 0.15) is 5.75 Å². The van der Waals surface area contributed by atoms with Crippen LogP contribution in [0.1, 0.15) is 0 Å². The Labute approximate surface area is 178 Å². The number of benzene rings is 2. The molecule has 0 saturated carbocycles. The van der Waals surface area contributed by atoms with E-state index in [0.29, 0.717) is 12.4 Å². The lowest BCUT2D eigenvalue weighted by atomic mass is 10.0. The molecule has 5 rings (SSSR count). The highest BCUT2D eigenvalue weighted by Gasteiger charge is 2.15. The van der Waals surface area contributed by atoms with E-state index in [-0.39, 0.29) is 0 Å². The lowest BCUT2D eigenvalue weighted by molar-refractivity contribution is 0.415. The number of fused-ring (bicyclic) bond motifs is 1. The molecule has 0 bridgehead atoms. The van der Waals surface area contributed by atoms with E-state index >= 15 is 0 Å². The Bertz CT molecular complexity index is 1280. The molecule has 0 atom stereocenters. The molecule has 0 amide bonds. The smallest absolute Gasteiger partial charge is 0.251 e. The number of anilines is 1. The molecule has 154 valence electrons. The van der Waals surface area contributed by atoms with Crippen molar-refractivity contribution in [1.29, 1.82) is 0 Å². The van der Waals surface area contributed by atoms with Crippen molar-refractivity contribution < 1.29 is 9.15 Å². The van der Waals surface area contributed by atoms with Gasteiger partial charge in [-0.2, -0.15) is 0 Å². The number of hydrogen-bond acceptors (Lipinski definition) is 7. The molecular formula is C23H20N6O2. The van der Waals surface area contributed by atoms with Crippen molar-refractivity contribution >= 4 is 16.6 Å². The summed E-state index contributed by atoms with van der Waals surface area (Å²) in [4.78, 5) is 8.71. The first-order valence-corrected chi connectivity index (χ1v) is 9.85. The summed E-state index contributed by atoms with van der Waals surface area (Å²) in [7, 11) is 1.66. The Hall–Kier alpha value is -4.20. The van der Waals surface area contributed by atoms with Crippen LogP contribution >= 0.6 is 0 Å². The Morgan fingerprint density at radius 2 is 1.97 bits per heavy atom. The summed E-state index contributed by atoms with van der Waals surface area (Å²) >= 11 is 0. The van der Waals surface area contributed by atoms with Crippen LogP contribution in [0.2, 0.25) is 0 Å². The lowest BCUT2D eigenvalue weighted by Gasteiger charge is -2.14. The third-order valence-electron chi connectivity index (χ3n) is 5.11. The highest BCUT2D eigenvalue weighted by atomic mass is 16.5. The second kappa shape index (κ2) is 8.27. The highest BCUT2D eigenvalue weighted by Crippen LogP contribution is 2.35. The summed E-state index contributed by atoms with van der Waals surface area (Å²) in [6.07, 6.45) is 8.60. The number of rotatable bonds is 7. The average Bonchev–Trinajstić information content (AvgIpc) is 3.53. The Morgan fingerprint density at radius 3 is 2.71 bits per heavy atom. The van der Waals surface area contributed by atoms with Crippen LogP contribution in [0, 0.1) is 0 Å². The van der Waals surface area contributed by atoms with E-state index in [9.17, 15) is 0 Å². The van der Waals surface area contributed by atoms with E-state index in [4.69, 9.17) is 9.15 Å². The summed E-state index contributed by atoms with van der Waals surface area (Å²) in [6.45, 7) is 1.47. The lowest BCUT2D eigenvalue weighted by Crippen LogP contribution is -2.10. The van der Waals surface area contributed by atoms with Gasteiger partial charge in [0.15, 0.2) is 0 Å². The molecule has 0 aliphatic carbocycles. The molecule has 1 N–H and O–H groups in total. The van der Waals surface area contributed by atoms with Gasteiger partial charge in [-0.05, 0) is 35.4 Å². The van der Waals surface area contributed by atoms with Crippen molar-refractivity contribution in [3.8, 4) is 28.3 Å². The molecule has 2 aromatic carbocycles. The number of imidazole rings is 1. The molecule has 8 nitrogen and oxygen atoms in total. The van der Waals surface area contributed by atoms with Crippen LogP contribution in [0.5, 0.6) is 5.75 Å². The molecule has 5 aromatic rings. The van der Waals surface area contributed by atoms with Crippen molar-refractivity contribution in [2.24, 2.45) is 0 Å². The SMILES string of the molecule is COc1ccc(-c2ccc3ncc(-c4nnco4)c(NCCn4ccnc4)c3c2)cc1. The van der Waals surface area contributed by atoms with Crippen molar-refractivity contribution in [3.05, 3.63) is 73.8 Å². The van der Waals surface area contributed by atoms with Crippen molar-refractivity contribution in [3.63, 3.8) is 0 Å². The van der Waals surface area contributed by atoms with E-state index < -0.39 is 0 Å². The molecule has 8 heteroatoms.